The molecular formula is C22H21NO5S. The summed E-state index contributed by atoms with van der Waals surface area (Å²) in [6, 6.07) is 12.3. The Kier molecular flexibility index (Phi) is 6.51. The number of aromatic nitrogens is 1. The standard InChI is InChI=1S/C22H21NO5S/c1-4-28-18-10-5-14(11-19(18)27-3)12-20-22(25)23-21(29-20)13-17(24)15-6-8-16(26-2)9-7-15/h5-13H,4H2,1-3H3,(H,23,25)/b20-12-,21-13-. The second-order valence-corrected chi connectivity index (χ2v) is 7.09. The first-order chi connectivity index (χ1) is 14.0. The number of H-pyrrole nitrogens is 1. The van der Waals surface area contributed by atoms with E-state index in [4.69, 9.17) is 14.2 Å². The highest BCUT2D eigenvalue weighted by Gasteiger charge is 2.06. The van der Waals surface area contributed by atoms with Gasteiger partial charge in [0.1, 0.15) is 5.75 Å². The van der Waals surface area contributed by atoms with Crippen molar-refractivity contribution in [2.24, 2.45) is 0 Å². The van der Waals surface area contributed by atoms with E-state index in [0.29, 0.717) is 38.6 Å². The summed E-state index contributed by atoms with van der Waals surface area (Å²) in [4.78, 5) is 27.4. The number of aromatic amines is 1. The van der Waals surface area contributed by atoms with E-state index in [-0.39, 0.29) is 11.3 Å². The van der Waals surface area contributed by atoms with E-state index >= 15 is 0 Å². The minimum Gasteiger partial charge on any atom is -0.497 e. The molecule has 6 nitrogen and oxygen atoms in total. The minimum atomic E-state index is -0.253. The van der Waals surface area contributed by atoms with Crippen LogP contribution >= 0.6 is 11.3 Å². The van der Waals surface area contributed by atoms with Gasteiger partial charge in [0.05, 0.1) is 30.0 Å². The highest BCUT2D eigenvalue weighted by molar-refractivity contribution is 7.07. The molecule has 1 aromatic heterocycles. The molecule has 0 unspecified atom stereocenters. The lowest BCUT2D eigenvalue weighted by Gasteiger charge is -2.09. The number of thiazole rings is 1. The van der Waals surface area contributed by atoms with E-state index in [1.54, 1.807) is 56.7 Å². The summed E-state index contributed by atoms with van der Waals surface area (Å²) in [5.41, 5.74) is 1.06. The number of carbonyl (C=O) groups excluding carboxylic acids is 1. The average Bonchev–Trinajstić information content (AvgIpc) is 3.07. The third-order valence-corrected chi connectivity index (χ3v) is 5.07. The van der Waals surface area contributed by atoms with Crippen molar-refractivity contribution >= 4 is 29.3 Å². The van der Waals surface area contributed by atoms with Crippen LogP contribution in [0.5, 0.6) is 17.2 Å². The number of methoxy groups -OCH3 is 2. The van der Waals surface area contributed by atoms with E-state index in [0.717, 1.165) is 5.56 Å². The Hall–Kier alpha value is -3.32. The Bertz CT molecular complexity index is 1180. The van der Waals surface area contributed by atoms with Gasteiger partial charge in [0.25, 0.3) is 5.56 Å². The molecule has 0 saturated heterocycles. The highest BCUT2D eigenvalue weighted by atomic mass is 32.1. The molecule has 29 heavy (non-hydrogen) atoms. The van der Waals surface area contributed by atoms with Crippen LogP contribution in [-0.2, 0) is 0 Å². The molecule has 0 spiro atoms. The Morgan fingerprint density at radius 2 is 1.83 bits per heavy atom. The van der Waals surface area contributed by atoms with Crippen molar-refractivity contribution in [2.75, 3.05) is 20.8 Å². The second-order valence-electron chi connectivity index (χ2n) is 6.01. The lowest BCUT2D eigenvalue weighted by atomic mass is 10.1. The zero-order valence-electron chi connectivity index (χ0n) is 16.4. The lowest BCUT2D eigenvalue weighted by Crippen LogP contribution is -2.20. The number of carbonyl (C=O) groups is 1. The van der Waals surface area contributed by atoms with Gasteiger partial charge in [-0.25, -0.2) is 0 Å². The number of benzene rings is 2. The number of ether oxygens (including phenoxy) is 3. The summed E-state index contributed by atoms with van der Waals surface area (Å²) >= 11 is 1.22. The fraction of sp³-hybridized carbons (Fsp3) is 0.182. The SMILES string of the molecule is CCOc1ccc(/C=c2\s/c(=C\C(=O)c3ccc(OC)cc3)[nH]c2=O)cc1OC. The maximum absolute atomic E-state index is 12.4. The molecule has 0 saturated carbocycles. The maximum atomic E-state index is 12.4. The maximum Gasteiger partial charge on any atom is 0.266 e. The largest absolute Gasteiger partial charge is 0.497 e. The first-order valence-electron chi connectivity index (χ1n) is 8.96. The quantitative estimate of drug-likeness (QED) is 0.604. The van der Waals surface area contributed by atoms with Crippen LogP contribution in [0.2, 0.25) is 0 Å². The summed E-state index contributed by atoms with van der Waals surface area (Å²) in [5, 5.41) is 0. The van der Waals surface area contributed by atoms with Gasteiger partial charge in [-0.05, 0) is 55.0 Å². The number of hydrogen-bond donors (Lipinski definition) is 1. The molecule has 0 aliphatic carbocycles. The first kappa shape index (κ1) is 20.4. The fourth-order valence-electron chi connectivity index (χ4n) is 2.68. The van der Waals surface area contributed by atoms with Crippen LogP contribution in [0.4, 0.5) is 0 Å². The van der Waals surface area contributed by atoms with Crippen LogP contribution in [0, 0.1) is 0 Å². The van der Waals surface area contributed by atoms with E-state index < -0.39 is 0 Å². The molecule has 0 aliphatic rings. The fourth-order valence-corrected chi connectivity index (χ4v) is 3.57. The van der Waals surface area contributed by atoms with Crippen LogP contribution in [0.15, 0.2) is 47.3 Å². The monoisotopic (exact) mass is 411 g/mol. The van der Waals surface area contributed by atoms with Crippen molar-refractivity contribution in [2.45, 2.75) is 6.92 Å². The Labute approximate surface area is 171 Å². The molecule has 0 amide bonds. The van der Waals surface area contributed by atoms with E-state index in [1.165, 1.54) is 17.4 Å². The van der Waals surface area contributed by atoms with E-state index in [9.17, 15) is 9.59 Å². The zero-order chi connectivity index (χ0) is 20.8. The van der Waals surface area contributed by atoms with Crippen molar-refractivity contribution in [1.82, 2.24) is 4.98 Å². The van der Waals surface area contributed by atoms with Crippen molar-refractivity contribution in [1.29, 1.82) is 0 Å². The summed E-state index contributed by atoms with van der Waals surface area (Å²) in [7, 11) is 3.13. The third-order valence-electron chi connectivity index (χ3n) is 4.10. The van der Waals surface area contributed by atoms with Gasteiger partial charge in [0, 0.05) is 11.6 Å². The highest BCUT2D eigenvalue weighted by Crippen LogP contribution is 2.28. The third kappa shape index (κ3) is 4.94. The minimum absolute atomic E-state index is 0.195. The van der Waals surface area contributed by atoms with Gasteiger partial charge in [-0.2, -0.15) is 0 Å². The molecular weight excluding hydrogens is 390 g/mol. The molecule has 150 valence electrons. The number of hydrogen-bond acceptors (Lipinski definition) is 6. The van der Waals surface area contributed by atoms with Crippen molar-refractivity contribution in [3.8, 4) is 17.2 Å². The van der Waals surface area contributed by atoms with Gasteiger partial charge in [0.2, 0.25) is 0 Å². The van der Waals surface area contributed by atoms with E-state index in [2.05, 4.69) is 4.98 Å². The van der Waals surface area contributed by atoms with Gasteiger partial charge in [-0.1, -0.05) is 6.07 Å². The van der Waals surface area contributed by atoms with Crippen LogP contribution in [0.3, 0.4) is 0 Å². The molecule has 2 aromatic carbocycles. The second kappa shape index (κ2) is 9.25. The van der Waals surface area contributed by atoms with Gasteiger partial charge >= 0.3 is 0 Å². The van der Waals surface area contributed by atoms with Crippen molar-refractivity contribution in [3.63, 3.8) is 0 Å². The Morgan fingerprint density at radius 1 is 1.07 bits per heavy atom. The Morgan fingerprint density at radius 3 is 2.48 bits per heavy atom. The van der Waals surface area contributed by atoms with Crippen molar-refractivity contribution in [3.05, 3.63) is 73.1 Å². The molecule has 1 heterocycles. The van der Waals surface area contributed by atoms with Crippen molar-refractivity contribution < 1.29 is 19.0 Å². The van der Waals surface area contributed by atoms with Crippen LogP contribution in [-0.4, -0.2) is 31.6 Å². The summed E-state index contributed by atoms with van der Waals surface area (Å²) in [5.74, 6) is 1.72. The average molecular weight is 411 g/mol. The molecule has 3 aromatic rings. The van der Waals surface area contributed by atoms with E-state index in [1.807, 2.05) is 13.0 Å². The van der Waals surface area contributed by atoms with Crippen LogP contribution in [0.25, 0.3) is 12.2 Å². The Balaban J connectivity index is 1.92. The number of ketones is 1. The predicted molar refractivity (Wildman–Crippen MR) is 114 cm³/mol. The molecule has 0 atom stereocenters. The first-order valence-corrected chi connectivity index (χ1v) is 9.77. The van der Waals surface area contributed by atoms with Gasteiger partial charge in [-0.15, -0.1) is 11.3 Å². The number of rotatable bonds is 7. The zero-order valence-corrected chi connectivity index (χ0v) is 17.2. The summed E-state index contributed by atoms with van der Waals surface area (Å²) in [6.45, 7) is 2.43. The summed E-state index contributed by atoms with van der Waals surface area (Å²) < 4.78 is 16.9. The molecule has 7 heteroatoms. The number of Topliss-reactive ketones (excluding diaryl/α,β-unsaturated/α-hetero) is 1. The smallest absolute Gasteiger partial charge is 0.266 e. The molecule has 1 N–H and O–H groups in total. The molecule has 0 bridgehead atoms. The lowest BCUT2D eigenvalue weighted by molar-refractivity contribution is 0.106. The van der Waals surface area contributed by atoms with Crippen LogP contribution < -0.4 is 29.0 Å². The van der Waals surface area contributed by atoms with Gasteiger partial charge in [-0.3, -0.25) is 9.59 Å². The molecule has 0 radical (unpaired) electrons. The summed E-state index contributed by atoms with van der Waals surface area (Å²) in [6.07, 6.45) is 3.17. The topological polar surface area (TPSA) is 77.6 Å². The number of nitrogens with one attached hydrogen (secondary N) is 1. The van der Waals surface area contributed by atoms with Crippen LogP contribution in [0.1, 0.15) is 22.8 Å². The molecule has 0 fully saturated rings. The predicted octanol–water partition coefficient (Wildman–Crippen LogP) is 2.34. The molecule has 0 aliphatic heterocycles. The molecule has 3 rings (SSSR count). The normalized spacial score (nSPS) is 12.1. The van der Waals surface area contributed by atoms with Gasteiger partial charge < -0.3 is 19.2 Å². The van der Waals surface area contributed by atoms with Gasteiger partial charge in [0.15, 0.2) is 17.3 Å².